The van der Waals surface area contributed by atoms with Crippen LogP contribution in [0.1, 0.15) is 25.0 Å². The highest BCUT2D eigenvalue weighted by Gasteiger charge is 2.34. The molecule has 0 saturated carbocycles. The number of nitrogens with zero attached hydrogens (tertiary/aromatic N) is 1. The minimum absolute atomic E-state index is 0.0120. The van der Waals surface area contributed by atoms with Crippen LogP contribution in [0.15, 0.2) is 48.5 Å². The van der Waals surface area contributed by atoms with E-state index in [4.69, 9.17) is 11.6 Å². The molecule has 0 fully saturated rings. The highest BCUT2D eigenvalue weighted by atomic mass is 35.5. The topological polar surface area (TPSA) is 32.3 Å². The lowest BCUT2D eigenvalue weighted by molar-refractivity contribution is -0.137. The number of hydrogen-bond donors (Lipinski definition) is 1. The van der Waals surface area contributed by atoms with Gasteiger partial charge in [0.1, 0.15) is 0 Å². The largest absolute Gasteiger partial charge is 0.418 e. The minimum atomic E-state index is -4.56. The molecule has 26 heavy (non-hydrogen) atoms. The van der Waals surface area contributed by atoms with Crippen molar-refractivity contribution in [1.82, 2.24) is 4.90 Å². The van der Waals surface area contributed by atoms with E-state index in [1.165, 1.54) is 12.1 Å². The molecular weight excluding hydrogens is 365 g/mol. The molecule has 2 aromatic rings. The van der Waals surface area contributed by atoms with Crippen molar-refractivity contribution in [1.29, 1.82) is 0 Å². The zero-order valence-electron chi connectivity index (χ0n) is 14.5. The molecule has 0 heterocycles. The summed E-state index contributed by atoms with van der Waals surface area (Å²) >= 11 is 5.66. The fraction of sp³-hybridized carbons (Fsp3) is 0.316. The Bertz CT molecular complexity index is 748. The Morgan fingerprint density at radius 1 is 1.15 bits per heavy atom. The van der Waals surface area contributed by atoms with Gasteiger partial charge in [-0.1, -0.05) is 41.9 Å². The van der Waals surface area contributed by atoms with Crippen LogP contribution < -0.4 is 5.32 Å². The molecule has 0 aliphatic heterocycles. The minimum Gasteiger partial charge on any atom is -0.376 e. The Balaban J connectivity index is 2.11. The van der Waals surface area contributed by atoms with Gasteiger partial charge in [0.05, 0.1) is 12.1 Å². The van der Waals surface area contributed by atoms with E-state index in [2.05, 4.69) is 5.32 Å². The molecule has 0 atom stereocenters. The van der Waals surface area contributed by atoms with Crippen molar-refractivity contribution in [2.45, 2.75) is 32.6 Å². The average molecular weight is 385 g/mol. The van der Waals surface area contributed by atoms with Crippen molar-refractivity contribution in [2.24, 2.45) is 0 Å². The van der Waals surface area contributed by atoms with E-state index < -0.39 is 11.7 Å². The lowest BCUT2D eigenvalue weighted by atomic mass is 10.1. The second-order valence-corrected chi connectivity index (χ2v) is 6.58. The lowest BCUT2D eigenvalue weighted by Gasteiger charge is -2.27. The highest BCUT2D eigenvalue weighted by molar-refractivity contribution is 6.30. The van der Waals surface area contributed by atoms with Gasteiger partial charge in [-0.3, -0.25) is 4.79 Å². The highest BCUT2D eigenvalue weighted by Crippen LogP contribution is 2.36. The van der Waals surface area contributed by atoms with Crippen molar-refractivity contribution in [2.75, 3.05) is 11.9 Å². The Labute approximate surface area is 155 Å². The van der Waals surface area contributed by atoms with Gasteiger partial charge in [-0.2, -0.15) is 13.2 Å². The number of carbonyl (C=O) groups excluding carboxylic acids is 1. The van der Waals surface area contributed by atoms with E-state index in [0.29, 0.717) is 6.54 Å². The Kier molecular flexibility index (Phi) is 6.53. The van der Waals surface area contributed by atoms with Crippen LogP contribution in [0.25, 0.3) is 0 Å². The number of nitrogens with one attached hydrogen (secondary N) is 1. The summed E-state index contributed by atoms with van der Waals surface area (Å²) in [5, 5.41) is 2.59. The molecule has 1 amide bonds. The molecule has 3 nitrogen and oxygen atoms in total. The number of anilines is 1. The van der Waals surface area contributed by atoms with E-state index in [1.54, 1.807) is 4.90 Å². The van der Waals surface area contributed by atoms with Gasteiger partial charge in [0.15, 0.2) is 0 Å². The van der Waals surface area contributed by atoms with Crippen molar-refractivity contribution >= 4 is 23.2 Å². The van der Waals surface area contributed by atoms with Gasteiger partial charge in [0, 0.05) is 23.3 Å². The van der Waals surface area contributed by atoms with Crippen molar-refractivity contribution < 1.29 is 18.0 Å². The van der Waals surface area contributed by atoms with Crippen LogP contribution in [0, 0.1) is 0 Å². The lowest BCUT2D eigenvalue weighted by Crippen LogP contribution is -2.40. The third kappa shape index (κ3) is 5.39. The molecule has 0 radical (unpaired) electrons. The maximum atomic E-state index is 13.1. The van der Waals surface area contributed by atoms with Gasteiger partial charge in [-0.15, -0.1) is 0 Å². The van der Waals surface area contributed by atoms with Gasteiger partial charge in [0.2, 0.25) is 5.91 Å². The van der Waals surface area contributed by atoms with Crippen molar-refractivity contribution in [3.63, 3.8) is 0 Å². The zero-order valence-corrected chi connectivity index (χ0v) is 15.2. The fourth-order valence-corrected chi connectivity index (χ4v) is 2.69. The van der Waals surface area contributed by atoms with Crippen LogP contribution in [0.5, 0.6) is 0 Å². The summed E-state index contributed by atoms with van der Waals surface area (Å²) in [5.74, 6) is -0.285. The predicted octanol–water partition coefficient (Wildman–Crippen LogP) is 5.21. The first-order valence-corrected chi connectivity index (χ1v) is 8.50. The molecule has 2 rings (SSSR count). The summed E-state index contributed by atoms with van der Waals surface area (Å²) in [4.78, 5) is 14.2. The molecule has 0 unspecified atom stereocenters. The van der Waals surface area contributed by atoms with Crippen molar-refractivity contribution in [3.05, 3.63) is 64.7 Å². The summed E-state index contributed by atoms with van der Waals surface area (Å²) in [6.45, 7) is 3.88. The van der Waals surface area contributed by atoms with Crippen molar-refractivity contribution in [3.8, 4) is 0 Å². The van der Waals surface area contributed by atoms with Gasteiger partial charge in [-0.05, 0) is 37.6 Å². The number of amides is 1. The molecule has 0 saturated heterocycles. The standard InChI is InChI=1S/C19H20ClF3N2O/c1-13(2)25(12-14-6-4-3-5-7-14)18(26)11-24-17-9-8-15(20)10-16(17)19(21,22)23/h3-10,13,24H,11-12H2,1-2H3. The molecule has 0 aliphatic carbocycles. The van der Waals surface area contributed by atoms with Crippen LogP contribution in [0.4, 0.5) is 18.9 Å². The Hall–Kier alpha value is -2.21. The van der Waals surface area contributed by atoms with E-state index in [0.717, 1.165) is 11.6 Å². The summed E-state index contributed by atoms with van der Waals surface area (Å²) in [6, 6.07) is 12.8. The number of carbonyl (C=O) groups is 1. The first-order chi connectivity index (χ1) is 12.2. The number of halogens is 4. The summed E-state index contributed by atoms with van der Waals surface area (Å²) < 4.78 is 39.4. The maximum Gasteiger partial charge on any atom is 0.418 e. The molecule has 0 bridgehead atoms. The first kappa shape index (κ1) is 20.1. The number of hydrogen-bond acceptors (Lipinski definition) is 2. The second kappa shape index (κ2) is 8.45. The van der Waals surface area contributed by atoms with E-state index in [1.807, 2.05) is 44.2 Å². The van der Waals surface area contributed by atoms with Crippen LogP contribution >= 0.6 is 11.6 Å². The van der Waals surface area contributed by atoms with Gasteiger partial charge in [-0.25, -0.2) is 0 Å². The molecule has 140 valence electrons. The average Bonchev–Trinajstić information content (AvgIpc) is 2.58. The van der Waals surface area contributed by atoms with Crippen LogP contribution in [0.2, 0.25) is 5.02 Å². The van der Waals surface area contributed by atoms with Gasteiger partial charge in [0.25, 0.3) is 0 Å². The monoisotopic (exact) mass is 384 g/mol. The molecule has 0 aromatic heterocycles. The maximum absolute atomic E-state index is 13.1. The van der Waals surface area contributed by atoms with Crippen LogP contribution in [-0.4, -0.2) is 23.4 Å². The smallest absolute Gasteiger partial charge is 0.376 e. The predicted molar refractivity (Wildman–Crippen MR) is 97.1 cm³/mol. The van der Waals surface area contributed by atoms with Crippen LogP contribution in [0.3, 0.4) is 0 Å². The number of alkyl halides is 3. The first-order valence-electron chi connectivity index (χ1n) is 8.12. The molecule has 2 aromatic carbocycles. The molecule has 1 N–H and O–H groups in total. The molecular formula is C19H20ClF3N2O. The van der Waals surface area contributed by atoms with E-state index >= 15 is 0 Å². The van der Waals surface area contributed by atoms with E-state index in [9.17, 15) is 18.0 Å². The fourth-order valence-electron chi connectivity index (χ4n) is 2.52. The summed E-state index contributed by atoms with van der Waals surface area (Å²) in [6.07, 6.45) is -4.56. The molecule has 7 heteroatoms. The van der Waals surface area contributed by atoms with Gasteiger partial charge >= 0.3 is 6.18 Å². The quantitative estimate of drug-likeness (QED) is 0.741. The normalized spacial score (nSPS) is 11.5. The molecule has 0 aliphatic rings. The Morgan fingerprint density at radius 3 is 2.38 bits per heavy atom. The summed E-state index contributed by atoms with van der Waals surface area (Å²) in [5.41, 5.74) is -0.104. The third-order valence-electron chi connectivity index (χ3n) is 3.86. The molecule has 0 spiro atoms. The Morgan fingerprint density at radius 2 is 1.81 bits per heavy atom. The third-order valence-corrected chi connectivity index (χ3v) is 4.09. The SMILES string of the molecule is CC(C)N(Cc1ccccc1)C(=O)CNc1ccc(Cl)cc1C(F)(F)F. The summed E-state index contributed by atoms with van der Waals surface area (Å²) in [7, 11) is 0. The van der Waals surface area contributed by atoms with Gasteiger partial charge < -0.3 is 10.2 Å². The number of rotatable bonds is 6. The second-order valence-electron chi connectivity index (χ2n) is 6.14. The number of benzene rings is 2. The zero-order chi connectivity index (χ0) is 19.3. The van der Waals surface area contributed by atoms with Crippen LogP contribution in [-0.2, 0) is 17.5 Å². The van der Waals surface area contributed by atoms with E-state index in [-0.39, 0.29) is 29.2 Å².